The van der Waals surface area contributed by atoms with Crippen molar-refractivity contribution in [1.29, 1.82) is 0 Å². The summed E-state index contributed by atoms with van der Waals surface area (Å²) in [5, 5.41) is 1.64. The minimum Gasteiger partial charge on any atom is -0.358 e. The van der Waals surface area contributed by atoms with Gasteiger partial charge in [-0.25, -0.2) is 4.79 Å². The van der Waals surface area contributed by atoms with Crippen molar-refractivity contribution in [3.05, 3.63) is 75.3 Å². The fourth-order valence-corrected chi connectivity index (χ4v) is 3.25. The van der Waals surface area contributed by atoms with E-state index in [2.05, 4.69) is 22.1 Å². The van der Waals surface area contributed by atoms with Gasteiger partial charge in [-0.1, -0.05) is 18.2 Å². The van der Waals surface area contributed by atoms with Crippen molar-refractivity contribution in [3.8, 4) is 0 Å². The van der Waals surface area contributed by atoms with Crippen molar-refractivity contribution >= 4 is 21.8 Å². The van der Waals surface area contributed by atoms with Crippen molar-refractivity contribution in [2.75, 3.05) is 0 Å². The predicted molar refractivity (Wildman–Crippen MR) is 97.9 cm³/mol. The summed E-state index contributed by atoms with van der Waals surface area (Å²) in [5.41, 5.74) is 2.25. The highest BCUT2D eigenvalue weighted by Gasteiger charge is 2.10. The van der Waals surface area contributed by atoms with E-state index in [1.807, 2.05) is 18.2 Å². The number of aromatic nitrogens is 4. The van der Waals surface area contributed by atoms with Crippen molar-refractivity contribution in [3.63, 3.8) is 0 Å². The number of nitrogens with zero attached hydrogens (tertiary/aromatic N) is 3. The number of rotatable bonds is 4. The second-order valence-electron chi connectivity index (χ2n) is 6.18. The third-order valence-corrected chi connectivity index (χ3v) is 4.57. The molecule has 6 heteroatoms. The average molecular weight is 334 g/mol. The Bertz CT molecular complexity index is 1150. The van der Waals surface area contributed by atoms with Gasteiger partial charge in [0.1, 0.15) is 0 Å². The van der Waals surface area contributed by atoms with Crippen LogP contribution in [0.15, 0.2) is 58.4 Å². The first kappa shape index (κ1) is 15.4. The molecule has 0 spiro atoms. The van der Waals surface area contributed by atoms with Crippen LogP contribution in [-0.2, 0) is 20.0 Å². The number of H-pyrrole nitrogens is 1. The number of pyridine rings is 1. The summed E-state index contributed by atoms with van der Waals surface area (Å²) in [6.45, 7) is 0.381. The quantitative estimate of drug-likeness (QED) is 0.622. The fraction of sp³-hybridized carbons (Fsp3) is 0.211. The van der Waals surface area contributed by atoms with Gasteiger partial charge in [0.05, 0.1) is 10.9 Å². The van der Waals surface area contributed by atoms with Gasteiger partial charge in [0.15, 0.2) is 0 Å². The first-order valence-electron chi connectivity index (χ1n) is 8.25. The Hall–Kier alpha value is -3.15. The summed E-state index contributed by atoms with van der Waals surface area (Å²) in [5.74, 6) is 0. The molecule has 0 saturated heterocycles. The van der Waals surface area contributed by atoms with Gasteiger partial charge in [-0.2, -0.15) is 0 Å². The molecule has 3 heterocycles. The maximum Gasteiger partial charge on any atom is 0.331 e. The molecule has 3 aromatic heterocycles. The third-order valence-electron chi connectivity index (χ3n) is 4.57. The van der Waals surface area contributed by atoms with E-state index < -0.39 is 0 Å². The highest BCUT2D eigenvalue weighted by Crippen LogP contribution is 2.15. The lowest BCUT2D eigenvalue weighted by atomic mass is 10.2. The molecular formula is C19H18N4O2. The minimum atomic E-state index is -0.291. The lowest BCUT2D eigenvalue weighted by Crippen LogP contribution is -2.39. The van der Waals surface area contributed by atoms with Crippen LogP contribution in [0.4, 0.5) is 0 Å². The van der Waals surface area contributed by atoms with E-state index in [1.54, 1.807) is 19.3 Å². The SMILES string of the molecule is Cn1c(=O)n(CCCc2cc3ccccc3[nH]2)c(=O)c2cnccc21. The molecule has 1 aromatic carbocycles. The van der Waals surface area contributed by atoms with Crippen LogP contribution in [0.2, 0.25) is 0 Å². The van der Waals surface area contributed by atoms with Crippen LogP contribution in [0, 0.1) is 0 Å². The van der Waals surface area contributed by atoms with Crippen LogP contribution in [0.25, 0.3) is 21.8 Å². The number of hydrogen-bond acceptors (Lipinski definition) is 3. The predicted octanol–water partition coefficient (Wildman–Crippen LogP) is 2.21. The van der Waals surface area contributed by atoms with Gasteiger partial charge >= 0.3 is 5.69 Å². The van der Waals surface area contributed by atoms with Gasteiger partial charge < -0.3 is 4.98 Å². The molecule has 1 N–H and O–H groups in total. The first-order valence-corrected chi connectivity index (χ1v) is 8.25. The van der Waals surface area contributed by atoms with Crippen molar-refractivity contribution in [2.45, 2.75) is 19.4 Å². The number of para-hydroxylation sites is 1. The number of fused-ring (bicyclic) bond motifs is 2. The van der Waals surface area contributed by atoms with Gasteiger partial charge in [-0.15, -0.1) is 0 Å². The van der Waals surface area contributed by atoms with E-state index in [-0.39, 0.29) is 11.2 Å². The molecule has 0 aliphatic carbocycles. The fourth-order valence-electron chi connectivity index (χ4n) is 3.25. The Morgan fingerprint density at radius 1 is 1.16 bits per heavy atom. The summed E-state index contributed by atoms with van der Waals surface area (Å²) >= 11 is 0. The zero-order chi connectivity index (χ0) is 17.4. The zero-order valence-electron chi connectivity index (χ0n) is 13.9. The molecule has 0 aliphatic rings. The lowest BCUT2D eigenvalue weighted by molar-refractivity contribution is 0.572. The smallest absolute Gasteiger partial charge is 0.331 e. The molecule has 4 aromatic rings. The van der Waals surface area contributed by atoms with Crippen molar-refractivity contribution < 1.29 is 0 Å². The topological polar surface area (TPSA) is 72.7 Å². The van der Waals surface area contributed by atoms with E-state index >= 15 is 0 Å². The Morgan fingerprint density at radius 2 is 2.00 bits per heavy atom. The van der Waals surface area contributed by atoms with Gasteiger partial charge in [0.2, 0.25) is 0 Å². The molecule has 0 saturated carbocycles. The highest BCUT2D eigenvalue weighted by molar-refractivity contribution is 5.80. The molecule has 0 radical (unpaired) electrons. The standard InChI is InChI=1S/C19H18N4O2/c1-22-17-8-9-20-12-15(17)18(24)23(19(22)25)10-4-6-14-11-13-5-2-3-7-16(13)21-14/h2-3,5,7-9,11-12,21H,4,6,10H2,1H3. The lowest BCUT2D eigenvalue weighted by Gasteiger charge is -2.10. The molecular weight excluding hydrogens is 316 g/mol. The van der Waals surface area contributed by atoms with E-state index in [1.165, 1.54) is 20.7 Å². The van der Waals surface area contributed by atoms with Crippen molar-refractivity contribution in [2.24, 2.45) is 7.05 Å². The normalized spacial score (nSPS) is 11.4. The molecule has 0 atom stereocenters. The van der Waals surface area contributed by atoms with Crippen LogP contribution in [0.5, 0.6) is 0 Å². The Kier molecular flexibility index (Phi) is 3.72. The maximum absolute atomic E-state index is 12.6. The van der Waals surface area contributed by atoms with Gasteiger partial charge in [-0.3, -0.25) is 18.9 Å². The molecule has 25 heavy (non-hydrogen) atoms. The second kappa shape index (κ2) is 6.05. The van der Waals surface area contributed by atoms with E-state index in [4.69, 9.17) is 0 Å². The van der Waals surface area contributed by atoms with Crippen LogP contribution in [0.1, 0.15) is 12.1 Å². The Morgan fingerprint density at radius 3 is 2.84 bits per heavy atom. The van der Waals surface area contributed by atoms with Gasteiger partial charge in [-0.05, 0) is 36.4 Å². The van der Waals surface area contributed by atoms with Crippen LogP contribution < -0.4 is 11.2 Å². The number of aromatic amines is 1. The molecule has 0 unspecified atom stereocenters. The van der Waals surface area contributed by atoms with E-state index in [9.17, 15) is 9.59 Å². The van der Waals surface area contributed by atoms with Crippen molar-refractivity contribution in [1.82, 2.24) is 19.1 Å². The zero-order valence-corrected chi connectivity index (χ0v) is 13.9. The summed E-state index contributed by atoms with van der Waals surface area (Å²) in [4.78, 5) is 32.4. The molecule has 0 amide bonds. The van der Waals surface area contributed by atoms with Crippen LogP contribution in [0.3, 0.4) is 0 Å². The highest BCUT2D eigenvalue weighted by atomic mass is 16.2. The Labute approximate surface area is 143 Å². The molecule has 4 rings (SSSR count). The summed E-state index contributed by atoms with van der Waals surface area (Å²) < 4.78 is 2.80. The van der Waals surface area contributed by atoms with Crippen LogP contribution >= 0.6 is 0 Å². The Balaban J connectivity index is 1.60. The van der Waals surface area contributed by atoms with Crippen LogP contribution in [-0.4, -0.2) is 19.1 Å². The minimum absolute atomic E-state index is 0.275. The molecule has 0 fully saturated rings. The number of hydrogen-bond donors (Lipinski definition) is 1. The molecule has 0 bridgehead atoms. The number of benzene rings is 1. The van der Waals surface area contributed by atoms with Gasteiger partial charge in [0, 0.05) is 37.2 Å². The third kappa shape index (κ3) is 2.65. The summed E-state index contributed by atoms with van der Waals surface area (Å²) in [7, 11) is 1.68. The van der Waals surface area contributed by atoms with E-state index in [0.717, 1.165) is 17.6 Å². The largest absolute Gasteiger partial charge is 0.358 e. The summed E-state index contributed by atoms with van der Waals surface area (Å²) in [6, 6.07) is 11.9. The molecule has 126 valence electrons. The molecule has 0 aliphatic heterocycles. The second-order valence-corrected chi connectivity index (χ2v) is 6.18. The van der Waals surface area contributed by atoms with E-state index in [0.29, 0.717) is 23.9 Å². The average Bonchev–Trinajstić information content (AvgIpc) is 3.05. The monoisotopic (exact) mass is 334 g/mol. The number of nitrogens with one attached hydrogen (secondary N) is 1. The maximum atomic E-state index is 12.6. The number of aryl methyl sites for hydroxylation is 2. The summed E-state index contributed by atoms with van der Waals surface area (Å²) in [6.07, 6.45) is 4.58. The first-order chi connectivity index (χ1) is 12.1. The molecule has 6 nitrogen and oxygen atoms in total. The van der Waals surface area contributed by atoms with Gasteiger partial charge in [0.25, 0.3) is 5.56 Å².